The number of hydrogen-bond donors (Lipinski definition) is 1. The molecule has 8 heteroatoms. The summed E-state index contributed by atoms with van der Waals surface area (Å²) in [5, 5.41) is 10.0. The van der Waals surface area contributed by atoms with Crippen molar-refractivity contribution in [1.82, 2.24) is 19.7 Å². The van der Waals surface area contributed by atoms with Crippen LogP contribution in [0.15, 0.2) is 55.0 Å². The molecule has 0 fully saturated rings. The summed E-state index contributed by atoms with van der Waals surface area (Å²) in [7, 11) is 0. The Balaban J connectivity index is 1.77. The molecule has 4 rings (SSSR count). The van der Waals surface area contributed by atoms with Gasteiger partial charge in [0.05, 0.1) is 27.3 Å². The molecule has 25 heavy (non-hydrogen) atoms. The molecule has 0 unspecified atom stereocenters. The van der Waals surface area contributed by atoms with E-state index in [4.69, 9.17) is 34.8 Å². The smallest absolute Gasteiger partial charge is 0.168 e. The van der Waals surface area contributed by atoms with Crippen LogP contribution >= 0.6 is 34.8 Å². The van der Waals surface area contributed by atoms with Gasteiger partial charge in [-0.3, -0.25) is 0 Å². The maximum Gasteiger partial charge on any atom is 0.168 e. The Morgan fingerprint density at radius 3 is 2.44 bits per heavy atom. The molecule has 0 bridgehead atoms. The van der Waals surface area contributed by atoms with E-state index >= 15 is 0 Å². The van der Waals surface area contributed by atoms with Crippen molar-refractivity contribution in [1.29, 1.82) is 0 Å². The summed E-state index contributed by atoms with van der Waals surface area (Å²) < 4.78 is 1.69. The molecule has 0 saturated heterocycles. The van der Waals surface area contributed by atoms with Crippen LogP contribution in [0.4, 0.5) is 11.5 Å². The molecule has 0 radical (unpaired) electrons. The largest absolute Gasteiger partial charge is 0.340 e. The number of nitrogens with one attached hydrogen (secondary N) is 1. The standard InChI is InChI=1S/C17H10Cl3N5/c18-10-1-3-11(4-2-10)24-16-13-8-23-25(17(13)22-9-21-16)12-5-6-14(19)15(20)7-12/h1-9H,(H,21,22,24). The molecule has 2 aromatic carbocycles. The van der Waals surface area contributed by atoms with Crippen molar-refractivity contribution < 1.29 is 0 Å². The average Bonchev–Trinajstić information content (AvgIpc) is 3.04. The van der Waals surface area contributed by atoms with Crippen LogP contribution in [0.25, 0.3) is 16.7 Å². The highest BCUT2D eigenvalue weighted by molar-refractivity contribution is 6.42. The Kier molecular flexibility index (Phi) is 4.21. The van der Waals surface area contributed by atoms with Crippen LogP contribution < -0.4 is 5.32 Å². The quantitative estimate of drug-likeness (QED) is 0.500. The van der Waals surface area contributed by atoms with E-state index < -0.39 is 0 Å². The molecule has 0 aliphatic carbocycles. The fraction of sp³-hybridized carbons (Fsp3) is 0. The minimum atomic E-state index is 0.455. The predicted molar refractivity (Wildman–Crippen MR) is 101 cm³/mol. The Morgan fingerprint density at radius 1 is 0.880 bits per heavy atom. The lowest BCUT2D eigenvalue weighted by Crippen LogP contribution is -1.99. The monoisotopic (exact) mass is 389 g/mol. The second-order valence-corrected chi connectivity index (χ2v) is 6.50. The second-order valence-electron chi connectivity index (χ2n) is 5.25. The van der Waals surface area contributed by atoms with Crippen LogP contribution in [-0.2, 0) is 0 Å². The Labute approximate surface area is 158 Å². The third-order valence-electron chi connectivity index (χ3n) is 3.62. The fourth-order valence-electron chi connectivity index (χ4n) is 2.42. The summed E-state index contributed by atoms with van der Waals surface area (Å²) in [6.45, 7) is 0. The molecule has 0 spiro atoms. The number of fused-ring (bicyclic) bond motifs is 1. The van der Waals surface area contributed by atoms with Gasteiger partial charge in [0.25, 0.3) is 0 Å². The van der Waals surface area contributed by atoms with Crippen molar-refractivity contribution in [2.75, 3.05) is 5.32 Å². The number of rotatable bonds is 3. The predicted octanol–water partition coefficient (Wildman–Crippen LogP) is 5.52. The Morgan fingerprint density at radius 2 is 1.68 bits per heavy atom. The van der Waals surface area contributed by atoms with Crippen LogP contribution in [0.2, 0.25) is 15.1 Å². The lowest BCUT2D eigenvalue weighted by molar-refractivity contribution is 0.895. The van der Waals surface area contributed by atoms with E-state index in [-0.39, 0.29) is 0 Å². The summed E-state index contributed by atoms with van der Waals surface area (Å²) in [5.74, 6) is 0.652. The zero-order valence-electron chi connectivity index (χ0n) is 12.6. The maximum absolute atomic E-state index is 6.10. The zero-order valence-corrected chi connectivity index (χ0v) is 14.9. The van der Waals surface area contributed by atoms with Gasteiger partial charge in [-0.15, -0.1) is 0 Å². The van der Waals surface area contributed by atoms with Gasteiger partial charge in [0.15, 0.2) is 5.65 Å². The van der Waals surface area contributed by atoms with Gasteiger partial charge in [0.2, 0.25) is 0 Å². The van der Waals surface area contributed by atoms with Gasteiger partial charge in [-0.25, -0.2) is 14.6 Å². The van der Waals surface area contributed by atoms with E-state index in [1.165, 1.54) is 6.33 Å². The molecular weight excluding hydrogens is 381 g/mol. The number of benzene rings is 2. The number of hydrogen-bond acceptors (Lipinski definition) is 4. The Bertz CT molecular complexity index is 1060. The van der Waals surface area contributed by atoms with Crippen molar-refractivity contribution in [3.63, 3.8) is 0 Å². The molecular formula is C17H10Cl3N5. The first kappa shape index (κ1) is 16.1. The van der Waals surface area contributed by atoms with Crippen molar-refractivity contribution >= 4 is 57.3 Å². The normalized spacial score (nSPS) is 11.0. The molecule has 0 atom stereocenters. The highest BCUT2D eigenvalue weighted by atomic mass is 35.5. The summed E-state index contributed by atoms with van der Waals surface area (Å²) >= 11 is 18.0. The number of nitrogens with zero attached hydrogens (tertiary/aromatic N) is 4. The van der Waals surface area contributed by atoms with Crippen LogP contribution in [0, 0.1) is 0 Å². The maximum atomic E-state index is 6.10. The van der Waals surface area contributed by atoms with Gasteiger partial charge in [-0.1, -0.05) is 34.8 Å². The van der Waals surface area contributed by atoms with E-state index in [1.54, 1.807) is 35.1 Å². The first-order chi connectivity index (χ1) is 12.1. The minimum Gasteiger partial charge on any atom is -0.340 e. The fourth-order valence-corrected chi connectivity index (χ4v) is 2.84. The minimum absolute atomic E-state index is 0.455. The molecule has 0 saturated carbocycles. The second kappa shape index (κ2) is 6.52. The van der Waals surface area contributed by atoms with E-state index in [0.717, 1.165) is 16.8 Å². The van der Waals surface area contributed by atoms with Crippen molar-refractivity contribution in [2.45, 2.75) is 0 Å². The third-order valence-corrected chi connectivity index (χ3v) is 4.61. The molecule has 2 heterocycles. The Hall–Kier alpha value is -2.34. The summed E-state index contributed by atoms with van der Waals surface area (Å²) in [6.07, 6.45) is 3.19. The number of halogens is 3. The zero-order chi connectivity index (χ0) is 17.4. The van der Waals surface area contributed by atoms with Crippen molar-refractivity contribution in [3.05, 3.63) is 70.1 Å². The van der Waals surface area contributed by atoms with Gasteiger partial charge in [-0.05, 0) is 42.5 Å². The van der Waals surface area contributed by atoms with Gasteiger partial charge < -0.3 is 5.32 Å². The average molecular weight is 391 g/mol. The van der Waals surface area contributed by atoms with Gasteiger partial charge >= 0.3 is 0 Å². The third kappa shape index (κ3) is 3.14. The highest BCUT2D eigenvalue weighted by Crippen LogP contribution is 2.28. The van der Waals surface area contributed by atoms with Crippen LogP contribution in [0.3, 0.4) is 0 Å². The number of anilines is 2. The molecule has 1 N–H and O–H groups in total. The van der Waals surface area contributed by atoms with Crippen LogP contribution in [0.1, 0.15) is 0 Å². The molecule has 124 valence electrons. The lowest BCUT2D eigenvalue weighted by atomic mass is 10.3. The topological polar surface area (TPSA) is 55.6 Å². The summed E-state index contributed by atoms with van der Waals surface area (Å²) in [5.41, 5.74) is 2.29. The van der Waals surface area contributed by atoms with Crippen molar-refractivity contribution in [2.24, 2.45) is 0 Å². The SMILES string of the molecule is Clc1ccc(Nc2ncnc3c2cnn3-c2ccc(Cl)c(Cl)c2)cc1. The van der Waals surface area contributed by atoms with E-state index in [2.05, 4.69) is 20.4 Å². The first-order valence-corrected chi connectivity index (χ1v) is 8.42. The first-order valence-electron chi connectivity index (χ1n) is 7.28. The van der Waals surface area contributed by atoms with Crippen LogP contribution in [-0.4, -0.2) is 19.7 Å². The lowest BCUT2D eigenvalue weighted by Gasteiger charge is -2.07. The summed E-state index contributed by atoms with van der Waals surface area (Å²) in [6, 6.07) is 12.7. The van der Waals surface area contributed by atoms with E-state index in [1.807, 2.05) is 18.2 Å². The van der Waals surface area contributed by atoms with Crippen molar-refractivity contribution in [3.8, 4) is 5.69 Å². The molecule has 0 amide bonds. The number of aromatic nitrogens is 4. The molecule has 4 aromatic rings. The molecule has 5 nitrogen and oxygen atoms in total. The van der Waals surface area contributed by atoms with E-state index in [0.29, 0.717) is 26.5 Å². The molecule has 0 aliphatic rings. The highest BCUT2D eigenvalue weighted by Gasteiger charge is 2.12. The van der Waals surface area contributed by atoms with Gasteiger partial charge in [-0.2, -0.15) is 5.10 Å². The molecule has 2 aromatic heterocycles. The van der Waals surface area contributed by atoms with Crippen LogP contribution in [0.5, 0.6) is 0 Å². The summed E-state index contributed by atoms with van der Waals surface area (Å²) in [4.78, 5) is 8.65. The molecule has 0 aliphatic heterocycles. The van der Waals surface area contributed by atoms with Gasteiger partial charge in [0, 0.05) is 10.7 Å². The van der Waals surface area contributed by atoms with Gasteiger partial charge in [0.1, 0.15) is 12.1 Å². The van der Waals surface area contributed by atoms with E-state index in [9.17, 15) is 0 Å².